The molecule has 0 aliphatic heterocycles. The zero-order valence-electron chi connectivity index (χ0n) is 13.7. The van der Waals surface area contributed by atoms with Gasteiger partial charge in [-0.1, -0.05) is 42.5 Å². The smallest absolute Gasteiger partial charge is 0.210 e. The molecule has 0 spiro atoms. The molecule has 0 fully saturated rings. The molecule has 0 saturated carbocycles. The minimum Gasteiger partial charge on any atom is -0.508 e. The van der Waals surface area contributed by atoms with Crippen molar-refractivity contribution in [2.75, 3.05) is 0 Å². The van der Waals surface area contributed by atoms with Gasteiger partial charge in [0.05, 0.1) is 4.90 Å². The van der Waals surface area contributed by atoms with E-state index in [1.54, 1.807) is 6.07 Å². The van der Waals surface area contributed by atoms with E-state index in [0.717, 1.165) is 11.1 Å². The molecule has 25 heavy (non-hydrogen) atoms. The standard InChI is InChI=1S/C20H18O4S/c1-15-6-5-9-19(20(15)24-14-16-7-3-2-4-8-16)25(22,23)18-12-10-17(21)11-13-18/h2-13,21H,14H2,1H3. The van der Waals surface area contributed by atoms with Crippen LogP contribution in [0.1, 0.15) is 11.1 Å². The number of hydrogen-bond donors (Lipinski definition) is 1. The Hall–Kier alpha value is -2.79. The summed E-state index contributed by atoms with van der Waals surface area (Å²) in [5.41, 5.74) is 1.70. The van der Waals surface area contributed by atoms with Crippen LogP contribution in [0, 0.1) is 6.92 Å². The fourth-order valence-corrected chi connectivity index (χ4v) is 3.97. The molecule has 0 aliphatic rings. The Labute approximate surface area is 147 Å². The third-order valence-electron chi connectivity index (χ3n) is 3.84. The number of sulfone groups is 1. The molecule has 0 heterocycles. The molecule has 0 atom stereocenters. The lowest BCUT2D eigenvalue weighted by molar-refractivity contribution is 0.295. The van der Waals surface area contributed by atoms with Crippen LogP contribution in [0.25, 0.3) is 0 Å². The van der Waals surface area contributed by atoms with Crippen molar-refractivity contribution in [2.24, 2.45) is 0 Å². The van der Waals surface area contributed by atoms with Crippen molar-refractivity contribution >= 4 is 9.84 Å². The molecular formula is C20H18O4S. The van der Waals surface area contributed by atoms with E-state index in [9.17, 15) is 13.5 Å². The number of ether oxygens (including phenoxy) is 1. The fraction of sp³-hybridized carbons (Fsp3) is 0.100. The van der Waals surface area contributed by atoms with Crippen LogP contribution < -0.4 is 4.74 Å². The normalized spacial score (nSPS) is 11.2. The molecule has 0 unspecified atom stereocenters. The molecule has 3 aromatic carbocycles. The molecule has 3 aromatic rings. The van der Waals surface area contributed by atoms with Gasteiger partial charge in [-0.15, -0.1) is 0 Å². The van der Waals surface area contributed by atoms with Crippen molar-refractivity contribution in [3.05, 3.63) is 83.9 Å². The number of phenols is 1. The summed E-state index contributed by atoms with van der Waals surface area (Å²) in [6.45, 7) is 2.10. The molecule has 1 N–H and O–H groups in total. The average molecular weight is 354 g/mol. The van der Waals surface area contributed by atoms with E-state index in [-0.39, 0.29) is 22.1 Å². The number of rotatable bonds is 5. The summed E-state index contributed by atoms with van der Waals surface area (Å²) in [6.07, 6.45) is 0. The molecule has 4 nitrogen and oxygen atoms in total. The fourth-order valence-electron chi connectivity index (χ4n) is 2.50. The number of aromatic hydroxyl groups is 1. The van der Waals surface area contributed by atoms with Crippen LogP contribution >= 0.6 is 0 Å². The van der Waals surface area contributed by atoms with E-state index in [1.807, 2.05) is 43.3 Å². The molecular weight excluding hydrogens is 336 g/mol. The van der Waals surface area contributed by atoms with Gasteiger partial charge in [0, 0.05) is 0 Å². The Balaban J connectivity index is 1.99. The van der Waals surface area contributed by atoms with E-state index in [0.29, 0.717) is 5.75 Å². The predicted molar refractivity (Wildman–Crippen MR) is 95.5 cm³/mol. The quantitative estimate of drug-likeness (QED) is 0.749. The van der Waals surface area contributed by atoms with Crippen molar-refractivity contribution in [3.63, 3.8) is 0 Å². The number of benzene rings is 3. The van der Waals surface area contributed by atoms with Crippen molar-refractivity contribution < 1.29 is 18.3 Å². The van der Waals surface area contributed by atoms with Gasteiger partial charge >= 0.3 is 0 Å². The van der Waals surface area contributed by atoms with Crippen molar-refractivity contribution in [2.45, 2.75) is 23.3 Å². The predicted octanol–water partition coefficient (Wildman–Crippen LogP) is 4.11. The van der Waals surface area contributed by atoms with Crippen LogP contribution in [-0.4, -0.2) is 13.5 Å². The average Bonchev–Trinajstić information content (AvgIpc) is 2.62. The Kier molecular flexibility index (Phi) is 4.76. The van der Waals surface area contributed by atoms with Gasteiger partial charge in [0.15, 0.2) is 0 Å². The van der Waals surface area contributed by atoms with Gasteiger partial charge < -0.3 is 9.84 Å². The number of para-hydroxylation sites is 1. The van der Waals surface area contributed by atoms with Gasteiger partial charge in [0.25, 0.3) is 0 Å². The molecule has 0 radical (unpaired) electrons. The van der Waals surface area contributed by atoms with E-state index in [4.69, 9.17) is 4.74 Å². The van der Waals surface area contributed by atoms with Crippen LogP contribution in [0.4, 0.5) is 0 Å². The SMILES string of the molecule is Cc1cccc(S(=O)(=O)c2ccc(O)cc2)c1OCc1ccccc1. The maximum absolute atomic E-state index is 13.0. The number of hydrogen-bond acceptors (Lipinski definition) is 4. The molecule has 3 rings (SSSR count). The third kappa shape index (κ3) is 3.67. The molecule has 0 aliphatic carbocycles. The van der Waals surface area contributed by atoms with E-state index < -0.39 is 9.84 Å². The first-order valence-corrected chi connectivity index (χ1v) is 9.27. The summed E-state index contributed by atoms with van der Waals surface area (Å²) in [7, 11) is -3.75. The van der Waals surface area contributed by atoms with Gasteiger partial charge in [-0.3, -0.25) is 0 Å². The van der Waals surface area contributed by atoms with Gasteiger partial charge in [-0.25, -0.2) is 8.42 Å². The lowest BCUT2D eigenvalue weighted by Crippen LogP contribution is -2.07. The van der Waals surface area contributed by atoms with E-state index in [1.165, 1.54) is 30.3 Å². The molecule has 0 aromatic heterocycles. The largest absolute Gasteiger partial charge is 0.508 e. The maximum atomic E-state index is 13.0. The maximum Gasteiger partial charge on any atom is 0.210 e. The zero-order chi connectivity index (χ0) is 17.9. The first kappa shape index (κ1) is 17.0. The Morgan fingerprint density at radius 2 is 1.56 bits per heavy atom. The third-order valence-corrected chi connectivity index (χ3v) is 5.63. The highest BCUT2D eigenvalue weighted by Crippen LogP contribution is 2.33. The molecule has 5 heteroatoms. The van der Waals surface area contributed by atoms with Crippen LogP contribution in [0.2, 0.25) is 0 Å². The first-order chi connectivity index (χ1) is 12.0. The molecule has 0 saturated heterocycles. The first-order valence-electron chi connectivity index (χ1n) is 7.79. The molecule has 0 amide bonds. The second-order valence-corrected chi connectivity index (χ2v) is 7.59. The Morgan fingerprint density at radius 3 is 2.24 bits per heavy atom. The van der Waals surface area contributed by atoms with Crippen molar-refractivity contribution in [3.8, 4) is 11.5 Å². The minimum absolute atomic E-state index is 0.0174. The summed E-state index contributed by atoms with van der Waals surface area (Å²) in [4.78, 5) is 0.231. The monoisotopic (exact) mass is 354 g/mol. The van der Waals surface area contributed by atoms with Gasteiger partial charge in [-0.05, 0) is 48.4 Å². The molecule has 0 bridgehead atoms. The summed E-state index contributed by atoms with van der Waals surface area (Å²) in [6, 6.07) is 20.1. The highest BCUT2D eigenvalue weighted by atomic mass is 32.2. The highest BCUT2D eigenvalue weighted by Gasteiger charge is 2.23. The van der Waals surface area contributed by atoms with Gasteiger partial charge in [0.1, 0.15) is 23.0 Å². The summed E-state index contributed by atoms with van der Waals surface area (Å²) in [5, 5.41) is 9.38. The van der Waals surface area contributed by atoms with Crippen LogP contribution in [-0.2, 0) is 16.4 Å². The van der Waals surface area contributed by atoms with Crippen LogP contribution in [0.3, 0.4) is 0 Å². The highest BCUT2D eigenvalue weighted by molar-refractivity contribution is 7.91. The van der Waals surface area contributed by atoms with Crippen LogP contribution in [0.15, 0.2) is 82.6 Å². The summed E-state index contributed by atoms with van der Waals surface area (Å²) < 4.78 is 31.8. The topological polar surface area (TPSA) is 63.6 Å². The Bertz CT molecular complexity index is 962. The lowest BCUT2D eigenvalue weighted by Gasteiger charge is -2.15. The second-order valence-electron chi connectivity index (χ2n) is 5.67. The minimum atomic E-state index is -3.75. The van der Waals surface area contributed by atoms with Gasteiger partial charge in [-0.2, -0.15) is 0 Å². The van der Waals surface area contributed by atoms with E-state index in [2.05, 4.69) is 0 Å². The number of aryl methyl sites for hydroxylation is 1. The Morgan fingerprint density at radius 1 is 0.880 bits per heavy atom. The van der Waals surface area contributed by atoms with E-state index >= 15 is 0 Å². The summed E-state index contributed by atoms with van der Waals surface area (Å²) >= 11 is 0. The second kappa shape index (κ2) is 6.99. The van der Waals surface area contributed by atoms with Gasteiger partial charge in [0.2, 0.25) is 9.84 Å². The lowest BCUT2D eigenvalue weighted by atomic mass is 10.2. The zero-order valence-corrected chi connectivity index (χ0v) is 14.5. The van der Waals surface area contributed by atoms with Crippen LogP contribution in [0.5, 0.6) is 11.5 Å². The van der Waals surface area contributed by atoms with Crippen molar-refractivity contribution in [1.29, 1.82) is 0 Å². The molecule has 128 valence electrons. The number of phenolic OH excluding ortho intramolecular Hbond substituents is 1. The van der Waals surface area contributed by atoms with Crippen molar-refractivity contribution in [1.82, 2.24) is 0 Å². The summed E-state index contributed by atoms with van der Waals surface area (Å²) in [5.74, 6) is 0.364.